The number of nitrogens with one attached hydrogen (secondary N) is 2. The Morgan fingerprint density at radius 1 is 1.29 bits per heavy atom. The van der Waals surface area contributed by atoms with Gasteiger partial charge in [-0.1, -0.05) is 37.3 Å². The molecule has 7 nitrogen and oxygen atoms in total. The summed E-state index contributed by atoms with van der Waals surface area (Å²) in [4.78, 5) is 21.5. The number of alkyl halides is 1. The fourth-order valence-corrected chi connectivity index (χ4v) is 3.90. The van der Waals surface area contributed by atoms with Gasteiger partial charge < -0.3 is 10.1 Å². The van der Waals surface area contributed by atoms with E-state index in [1.165, 1.54) is 18.5 Å². The third-order valence-electron chi connectivity index (χ3n) is 4.82. The molecule has 1 aliphatic carbocycles. The first-order valence-electron chi connectivity index (χ1n) is 9.86. The zero-order chi connectivity index (χ0) is 22.2. The molecule has 1 heterocycles. The van der Waals surface area contributed by atoms with E-state index >= 15 is 0 Å². The average molecular weight is 445 g/mol. The Labute approximate surface area is 183 Å². The van der Waals surface area contributed by atoms with Crippen molar-refractivity contribution in [1.29, 1.82) is 0 Å². The Morgan fingerprint density at radius 3 is 2.81 bits per heavy atom. The summed E-state index contributed by atoms with van der Waals surface area (Å²) in [5.74, 6) is -0.260. The maximum atomic E-state index is 13.9. The van der Waals surface area contributed by atoms with Gasteiger partial charge in [0.1, 0.15) is 17.2 Å². The molecular weight excluding hydrogens is 419 g/mol. The largest absolute Gasteiger partial charge is 0.383 e. The van der Waals surface area contributed by atoms with E-state index in [4.69, 9.17) is 4.74 Å². The van der Waals surface area contributed by atoms with Crippen molar-refractivity contribution in [3.05, 3.63) is 71.8 Å². The first-order chi connectivity index (χ1) is 15.0. The molecule has 0 bridgehead atoms. The van der Waals surface area contributed by atoms with Crippen molar-refractivity contribution < 1.29 is 18.1 Å². The first-order valence-corrected chi connectivity index (χ1v) is 11.0. The Balaban J connectivity index is 1.59. The smallest absolute Gasteiger partial charge is 0.254 e. The van der Waals surface area contributed by atoms with Crippen LogP contribution in [0.2, 0.25) is 0 Å². The lowest BCUT2D eigenvalue weighted by molar-refractivity contribution is 0.0950. The van der Waals surface area contributed by atoms with E-state index in [9.17, 15) is 13.4 Å². The molecule has 3 rings (SSSR count). The SMILES string of the molecule is COCCNS(=O)c1cccc(CNC(=O)c2cnc(C3=CC=CC(F)C3C)nc2)c1. The fraction of sp³-hybridized carbons (Fsp3) is 0.318. The summed E-state index contributed by atoms with van der Waals surface area (Å²) in [6.07, 6.45) is 6.72. The fourth-order valence-electron chi connectivity index (χ4n) is 3.00. The summed E-state index contributed by atoms with van der Waals surface area (Å²) < 4.78 is 33.9. The zero-order valence-electron chi connectivity index (χ0n) is 17.4. The van der Waals surface area contributed by atoms with Gasteiger partial charge in [-0.2, -0.15) is 0 Å². The van der Waals surface area contributed by atoms with E-state index < -0.39 is 17.2 Å². The number of methoxy groups -OCH3 is 1. The molecule has 0 radical (unpaired) electrons. The summed E-state index contributed by atoms with van der Waals surface area (Å²) in [6, 6.07) is 7.16. The lowest BCUT2D eigenvalue weighted by atomic mass is 9.91. The number of aromatic nitrogens is 2. The quantitative estimate of drug-likeness (QED) is 0.580. The van der Waals surface area contributed by atoms with Gasteiger partial charge in [0.2, 0.25) is 0 Å². The molecule has 164 valence electrons. The van der Waals surface area contributed by atoms with Crippen molar-refractivity contribution in [2.75, 3.05) is 20.3 Å². The minimum atomic E-state index is -1.36. The van der Waals surface area contributed by atoms with Crippen LogP contribution in [0.5, 0.6) is 0 Å². The van der Waals surface area contributed by atoms with Crippen molar-refractivity contribution in [1.82, 2.24) is 20.0 Å². The molecule has 3 unspecified atom stereocenters. The van der Waals surface area contributed by atoms with Gasteiger partial charge in [-0.15, -0.1) is 0 Å². The summed E-state index contributed by atoms with van der Waals surface area (Å²) in [7, 11) is 0.225. The second kappa shape index (κ2) is 11.0. The molecule has 0 spiro atoms. The van der Waals surface area contributed by atoms with Crippen LogP contribution in [0.3, 0.4) is 0 Å². The normalized spacial score (nSPS) is 19.0. The molecule has 3 atom stereocenters. The molecule has 0 fully saturated rings. The first kappa shape index (κ1) is 22.9. The summed E-state index contributed by atoms with van der Waals surface area (Å²) >= 11 is 0. The molecular formula is C22H25FN4O3S. The predicted octanol–water partition coefficient (Wildman–Crippen LogP) is 2.59. The summed E-state index contributed by atoms with van der Waals surface area (Å²) in [5.41, 5.74) is 1.82. The van der Waals surface area contributed by atoms with Gasteiger partial charge in [0.15, 0.2) is 5.82 Å². The highest BCUT2D eigenvalue weighted by Gasteiger charge is 2.23. The van der Waals surface area contributed by atoms with E-state index in [0.29, 0.717) is 35.0 Å². The molecule has 2 N–H and O–H groups in total. The van der Waals surface area contributed by atoms with Gasteiger partial charge >= 0.3 is 0 Å². The van der Waals surface area contributed by atoms with E-state index in [2.05, 4.69) is 20.0 Å². The maximum Gasteiger partial charge on any atom is 0.254 e. The van der Waals surface area contributed by atoms with Crippen LogP contribution in [0.25, 0.3) is 5.57 Å². The molecule has 1 aromatic heterocycles. The second-order valence-corrected chi connectivity index (χ2v) is 8.32. The highest BCUT2D eigenvalue weighted by Crippen LogP contribution is 2.28. The van der Waals surface area contributed by atoms with Gasteiger partial charge in [0.25, 0.3) is 5.91 Å². The molecule has 0 saturated carbocycles. The molecule has 31 heavy (non-hydrogen) atoms. The van der Waals surface area contributed by atoms with E-state index in [1.807, 2.05) is 6.07 Å². The standard InChI is InChI=1S/C22H25FN4O3S/c1-15-19(7-4-8-20(15)23)21-24-13-17(14-25-21)22(28)26-12-16-5-3-6-18(11-16)31(29)27-9-10-30-2/h3-8,11,13-15,20,27H,9-10,12H2,1-2H3,(H,26,28). The highest BCUT2D eigenvalue weighted by atomic mass is 32.2. The Morgan fingerprint density at radius 2 is 2.06 bits per heavy atom. The second-order valence-electron chi connectivity index (χ2n) is 7.02. The number of nitrogens with zero attached hydrogens (tertiary/aromatic N) is 2. The van der Waals surface area contributed by atoms with Crippen molar-refractivity contribution in [3.8, 4) is 0 Å². The van der Waals surface area contributed by atoms with Gasteiger partial charge in [-0.05, 0) is 17.7 Å². The van der Waals surface area contributed by atoms with Gasteiger partial charge in [-0.3, -0.25) is 4.79 Å². The van der Waals surface area contributed by atoms with Crippen molar-refractivity contribution in [3.63, 3.8) is 0 Å². The molecule has 1 aromatic carbocycles. The Bertz CT molecular complexity index is 995. The van der Waals surface area contributed by atoms with Crippen LogP contribution in [-0.4, -0.2) is 46.5 Å². The number of ether oxygens (including phenoxy) is 1. The number of rotatable bonds is 9. The molecule has 1 amide bonds. The van der Waals surface area contributed by atoms with Crippen LogP contribution in [-0.2, 0) is 22.3 Å². The van der Waals surface area contributed by atoms with E-state index in [0.717, 1.165) is 5.56 Å². The van der Waals surface area contributed by atoms with Crippen molar-refractivity contribution in [2.24, 2.45) is 5.92 Å². The van der Waals surface area contributed by atoms with Crippen molar-refractivity contribution in [2.45, 2.75) is 24.5 Å². The Hall–Kier alpha value is -2.75. The van der Waals surface area contributed by atoms with Crippen LogP contribution < -0.4 is 10.0 Å². The number of carbonyl (C=O) groups is 1. The third kappa shape index (κ3) is 6.13. The van der Waals surface area contributed by atoms with Crippen LogP contribution in [0, 0.1) is 5.92 Å². The van der Waals surface area contributed by atoms with Gasteiger partial charge in [-0.25, -0.2) is 23.3 Å². The topological polar surface area (TPSA) is 93.2 Å². The van der Waals surface area contributed by atoms with E-state index in [1.54, 1.807) is 44.4 Å². The minimum Gasteiger partial charge on any atom is -0.383 e. The van der Waals surface area contributed by atoms with Gasteiger partial charge in [0, 0.05) is 44.1 Å². The number of amides is 1. The summed E-state index contributed by atoms with van der Waals surface area (Å²) in [5, 5.41) is 2.80. The number of allylic oxidation sites excluding steroid dienone is 4. The molecule has 0 saturated heterocycles. The predicted molar refractivity (Wildman–Crippen MR) is 117 cm³/mol. The molecule has 0 aliphatic heterocycles. The maximum absolute atomic E-state index is 13.9. The molecule has 2 aromatic rings. The highest BCUT2D eigenvalue weighted by molar-refractivity contribution is 7.83. The van der Waals surface area contributed by atoms with E-state index in [-0.39, 0.29) is 18.4 Å². The molecule has 9 heteroatoms. The van der Waals surface area contributed by atoms with Crippen LogP contribution >= 0.6 is 0 Å². The van der Waals surface area contributed by atoms with Gasteiger partial charge in [0.05, 0.1) is 17.1 Å². The lowest BCUT2D eigenvalue weighted by Gasteiger charge is -2.19. The number of hydrogen-bond acceptors (Lipinski definition) is 5. The number of halogens is 1. The van der Waals surface area contributed by atoms with Crippen LogP contribution in [0.4, 0.5) is 4.39 Å². The summed E-state index contributed by atoms with van der Waals surface area (Å²) in [6.45, 7) is 2.97. The van der Waals surface area contributed by atoms with Crippen molar-refractivity contribution >= 4 is 22.5 Å². The van der Waals surface area contributed by atoms with Crippen LogP contribution in [0.15, 0.2) is 59.8 Å². The number of benzene rings is 1. The minimum absolute atomic E-state index is 0.264. The van der Waals surface area contributed by atoms with Crippen LogP contribution in [0.1, 0.15) is 28.7 Å². The Kier molecular flexibility index (Phi) is 8.16. The average Bonchev–Trinajstić information content (AvgIpc) is 2.80. The lowest BCUT2D eigenvalue weighted by Crippen LogP contribution is -2.24. The monoisotopic (exact) mass is 444 g/mol. The number of carbonyl (C=O) groups excluding carboxylic acids is 1. The third-order valence-corrected chi connectivity index (χ3v) is 5.96. The zero-order valence-corrected chi connectivity index (χ0v) is 18.2. The number of hydrogen-bond donors (Lipinski definition) is 2. The molecule has 1 aliphatic rings.